The monoisotopic (exact) mass is 292 g/mol. The van der Waals surface area contributed by atoms with Gasteiger partial charge in [-0.2, -0.15) is 0 Å². The number of benzene rings is 1. The van der Waals surface area contributed by atoms with Gasteiger partial charge in [0.05, 0.1) is 11.5 Å². The highest BCUT2D eigenvalue weighted by Gasteiger charge is 2.26. The van der Waals surface area contributed by atoms with Gasteiger partial charge in [-0.05, 0) is 31.0 Å². The Hall–Kier alpha value is -1.33. The highest BCUT2D eigenvalue weighted by molar-refractivity contribution is 7.91. The molecule has 0 amide bonds. The van der Waals surface area contributed by atoms with Crippen LogP contribution >= 0.6 is 0 Å². The number of sulfone groups is 1. The molecule has 0 radical (unpaired) electrons. The maximum Gasteiger partial charge on any atom is 0.151 e. The summed E-state index contributed by atoms with van der Waals surface area (Å²) in [6.07, 6.45) is 2.85. The third kappa shape index (κ3) is 2.74. The highest BCUT2D eigenvalue weighted by Crippen LogP contribution is 2.19. The molecule has 1 N–H and O–H groups in total. The number of hydrogen-bond donors (Lipinski definition) is 1. The minimum Gasteiger partial charge on any atom is -0.346 e. The van der Waals surface area contributed by atoms with Gasteiger partial charge in [-0.1, -0.05) is 12.1 Å². The summed E-state index contributed by atoms with van der Waals surface area (Å²) in [5.41, 5.74) is 2.53. The maximum atomic E-state index is 11.4. The van der Waals surface area contributed by atoms with E-state index in [0.717, 1.165) is 19.5 Å². The van der Waals surface area contributed by atoms with Gasteiger partial charge in [-0.25, -0.2) is 8.42 Å². The second-order valence-corrected chi connectivity index (χ2v) is 7.80. The summed E-state index contributed by atoms with van der Waals surface area (Å²) >= 11 is 0. The summed E-state index contributed by atoms with van der Waals surface area (Å²) < 4.78 is 25.0. The zero-order chi connectivity index (χ0) is 14.2. The zero-order valence-corrected chi connectivity index (χ0v) is 12.5. The Balaban J connectivity index is 1.62. The summed E-state index contributed by atoms with van der Waals surface area (Å²) in [7, 11) is -2.79. The molecular formula is C15H20N2O2S. The molecule has 2 heterocycles. The van der Waals surface area contributed by atoms with Crippen molar-refractivity contribution in [3.8, 4) is 0 Å². The van der Waals surface area contributed by atoms with E-state index in [-0.39, 0.29) is 6.04 Å². The van der Waals surface area contributed by atoms with Gasteiger partial charge in [0.1, 0.15) is 0 Å². The van der Waals surface area contributed by atoms with Crippen LogP contribution in [0.25, 0.3) is 10.9 Å². The molecule has 1 aromatic carbocycles. The fraction of sp³-hybridized carbons (Fsp3) is 0.467. The van der Waals surface area contributed by atoms with Crippen LogP contribution < -0.4 is 5.32 Å². The van der Waals surface area contributed by atoms with E-state index in [0.29, 0.717) is 11.5 Å². The Labute approximate surface area is 119 Å². The Kier molecular flexibility index (Phi) is 3.56. The molecule has 108 valence electrons. The Morgan fingerprint density at radius 2 is 2.20 bits per heavy atom. The molecule has 1 unspecified atom stereocenters. The van der Waals surface area contributed by atoms with Gasteiger partial charge in [-0.3, -0.25) is 0 Å². The number of rotatable bonds is 4. The van der Waals surface area contributed by atoms with Crippen LogP contribution in [0.4, 0.5) is 0 Å². The van der Waals surface area contributed by atoms with Crippen molar-refractivity contribution >= 4 is 20.7 Å². The topological polar surface area (TPSA) is 51.1 Å². The second kappa shape index (κ2) is 5.22. The van der Waals surface area contributed by atoms with Gasteiger partial charge in [0.2, 0.25) is 0 Å². The molecule has 0 spiro atoms. The van der Waals surface area contributed by atoms with Crippen LogP contribution in [0.1, 0.15) is 12.0 Å². The fourth-order valence-corrected chi connectivity index (χ4v) is 4.63. The molecule has 5 heteroatoms. The molecule has 0 saturated carbocycles. The van der Waals surface area contributed by atoms with Crippen molar-refractivity contribution in [3.05, 3.63) is 36.0 Å². The van der Waals surface area contributed by atoms with Crippen LogP contribution in [-0.4, -0.2) is 37.1 Å². The largest absolute Gasteiger partial charge is 0.346 e. The van der Waals surface area contributed by atoms with Crippen molar-refractivity contribution in [1.82, 2.24) is 9.88 Å². The zero-order valence-electron chi connectivity index (χ0n) is 11.7. The molecule has 4 nitrogen and oxygen atoms in total. The minimum atomic E-state index is -2.79. The minimum absolute atomic E-state index is 0.128. The quantitative estimate of drug-likeness (QED) is 0.933. The molecule has 1 saturated heterocycles. The first-order valence-corrected chi connectivity index (χ1v) is 8.85. The normalized spacial score (nSPS) is 21.6. The van der Waals surface area contributed by atoms with Crippen molar-refractivity contribution in [3.63, 3.8) is 0 Å². The first kappa shape index (κ1) is 13.6. The highest BCUT2D eigenvalue weighted by atomic mass is 32.2. The number of fused-ring (bicyclic) bond motifs is 1. The smallest absolute Gasteiger partial charge is 0.151 e. The maximum absolute atomic E-state index is 11.4. The Morgan fingerprint density at radius 3 is 2.95 bits per heavy atom. The van der Waals surface area contributed by atoms with Crippen molar-refractivity contribution < 1.29 is 8.42 Å². The summed E-state index contributed by atoms with van der Waals surface area (Å²) in [6.45, 7) is 3.79. The molecule has 1 atom stereocenters. The first-order chi connectivity index (χ1) is 9.55. The molecule has 20 heavy (non-hydrogen) atoms. The summed E-state index contributed by atoms with van der Waals surface area (Å²) in [5.74, 6) is 0.620. The van der Waals surface area contributed by atoms with Crippen molar-refractivity contribution in [2.24, 2.45) is 0 Å². The number of nitrogens with zero attached hydrogens (tertiary/aromatic N) is 1. The fourth-order valence-electron chi connectivity index (χ4n) is 2.92. The average molecular weight is 292 g/mol. The first-order valence-electron chi connectivity index (χ1n) is 7.03. The summed E-state index contributed by atoms with van der Waals surface area (Å²) in [4.78, 5) is 0. The summed E-state index contributed by atoms with van der Waals surface area (Å²) in [5, 5.41) is 4.64. The lowest BCUT2D eigenvalue weighted by molar-refractivity contribution is 0.525. The third-order valence-electron chi connectivity index (χ3n) is 4.05. The molecule has 1 aliphatic rings. The van der Waals surface area contributed by atoms with Crippen molar-refractivity contribution in [2.45, 2.75) is 25.9 Å². The number of aryl methyl sites for hydroxylation is 1. The van der Waals surface area contributed by atoms with Gasteiger partial charge >= 0.3 is 0 Å². The van der Waals surface area contributed by atoms with E-state index in [1.54, 1.807) is 0 Å². The van der Waals surface area contributed by atoms with E-state index in [4.69, 9.17) is 0 Å². The SMILES string of the molecule is Cc1cccc2c1ccn2CCNC1CCS(=O)(=O)C1. The molecule has 3 rings (SSSR count). The van der Waals surface area contributed by atoms with Gasteiger partial charge in [0, 0.05) is 36.2 Å². The Bertz CT molecular complexity index is 719. The Morgan fingerprint density at radius 1 is 1.35 bits per heavy atom. The standard InChI is InChI=1S/C15H20N2O2S/c1-12-3-2-4-15-14(12)5-8-17(15)9-7-16-13-6-10-20(18,19)11-13/h2-5,8,13,16H,6-7,9-11H2,1H3. The average Bonchev–Trinajstić information content (AvgIpc) is 2.95. The van der Waals surface area contributed by atoms with Crippen LogP contribution in [0, 0.1) is 6.92 Å². The van der Waals surface area contributed by atoms with Crippen molar-refractivity contribution in [1.29, 1.82) is 0 Å². The molecule has 0 aliphatic carbocycles. The van der Waals surface area contributed by atoms with E-state index in [1.165, 1.54) is 16.5 Å². The molecule has 1 fully saturated rings. The van der Waals surface area contributed by atoms with E-state index in [2.05, 4.69) is 47.3 Å². The van der Waals surface area contributed by atoms with Gasteiger partial charge in [0.15, 0.2) is 9.84 Å². The van der Waals surface area contributed by atoms with Gasteiger partial charge < -0.3 is 9.88 Å². The number of nitrogens with one attached hydrogen (secondary N) is 1. The van der Waals surface area contributed by atoms with Gasteiger partial charge in [0.25, 0.3) is 0 Å². The van der Waals surface area contributed by atoms with Crippen LogP contribution in [0.3, 0.4) is 0 Å². The van der Waals surface area contributed by atoms with Crippen molar-refractivity contribution in [2.75, 3.05) is 18.1 Å². The lowest BCUT2D eigenvalue weighted by Gasteiger charge is -2.12. The molecular weight excluding hydrogens is 272 g/mol. The second-order valence-electron chi connectivity index (χ2n) is 5.57. The lowest BCUT2D eigenvalue weighted by Crippen LogP contribution is -2.32. The molecule has 1 aliphatic heterocycles. The summed E-state index contributed by atoms with van der Waals surface area (Å²) in [6, 6.07) is 8.59. The van der Waals surface area contributed by atoms with E-state index >= 15 is 0 Å². The lowest BCUT2D eigenvalue weighted by atomic mass is 10.1. The molecule has 2 aromatic rings. The van der Waals surface area contributed by atoms with E-state index in [9.17, 15) is 8.42 Å². The predicted octanol–water partition coefficient (Wildman–Crippen LogP) is 1.73. The van der Waals surface area contributed by atoms with Crippen LogP contribution in [0.5, 0.6) is 0 Å². The predicted molar refractivity (Wildman–Crippen MR) is 81.7 cm³/mol. The number of hydrogen-bond acceptors (Lipinski definition) is 3. The van der Waals surface area contributed by atoms with Gasteiger partial charge in [-0.15, -0.1) is 0 Å². The van der Waals surface area contributed by atoms with Crippen LogP contribution in [-0.2, 0) is 16.4 Å². The molecule has 1 aromatic heterocycles. The van der Waals surface area contributed by atoms with Crippen LogP contribution in [0.15, 0.2) is 30.5 Å². The third-order valence-corrected chi connectivity index (χ3v) is 5.82. The molecule has 0 bridgehead atoms. The van der Waals surface area contributed by atoms with E-state index in [1.807, 2.05) is 0 Å². The number of aromatic nitrogens is 1. The van der Waals surface area contributed by atoms with E-state index < -0.39 is 9.84 Å². The van der Waals surface area contributed by atoms with Crippen LogP contribution in [0.2, 0.25) is 0 Å².